The first kappa shape index (κ1) is 24.8. The minimum Gasteiger partial charge on any atom is -0.384 e. The number of aryl methyl sites for hydroxylation is 1. The van der Waals surface area contributed by atoms with E-state index in [4.69, 9.17) is 5.73 Å². The number of amides is 2. The van der Waals surface area contributed by atoms with E-state index in [1.165, 1.54) is 12.3 Å². The number of carbonyl (C=O) groups excluding carboxylic acids is 2. The summed E-state index contributed by atoms with van der Waals surface area (Å²) in [5, 5.41) is 15.5. The lowest BCUT2D eigenvalue weighted by Crippen LogP contribution is -2.50. The third-order valence-electron chi connectivity index (χ3n) is 5.22. The lowest BCUT2D eigenvalue weighted by molar-refractivity contribution is -0.134. The summed E-state index contributed by atoms with van der Waals surface area (Å²) >= 11 is 0. The number of benzene rings is 2. The molecule has 0 saturated heterocycles. The summed E-state index contributed by atoms with van der Waals surface area (Å²) in [6.45, 7) is 0.118. The van der Waals surface area contributed by atoms with Crippen LogP contribution in [0, 0.1) is 11.6 Å². The number of nitrogens with one attached hydrogen (secondary N) is 2. The maximum atomic E-state index is 13.7. The average Bonchev–Trinajstić information content (AvgIpc) is 2.84. The zero-order valence-corrected chi connectivity index (χ0v) is 18.4. The van der Waals surface area contributed by atoms with Crippen LogP contribution in [-0.4, -0.2) is 34.1 Å². The summed E-state index contributed by atoms with van der Waals surface area (Å²) in [5.74, 6) is -3.01. The number of aromatic nitrogens is 1. The molecule has 0 unspecified atom stereocenters. The number of anilines is 1. The Hall–Kier alpha value is -3.85. The highest BCUT2D eigenvalue weighted by Gasteiger charge is 2.25. The van der Waals surface area contributed by atoms with Crippen molar-refractivity contribution >= 4 is 17.6 Å². The van der Waals surface area contributed by atoms with Crippen LogP contribution in [0.1, 0.15) is 23.1 Å². The van der Waals surface area contributed by atoms with Gasteiger partial charge in [0.1, 0.15) is 18.0 Å². The third kappa shape index (κ3) is 7.35. The van der Waals surface area contributed by atoms with Gasteiger partial charge >= 0.3 is 0 Å². The number of hydrogen-bond donors (Lipinski definition) is 4. The van der Waals surface area contributed by atoms with Gasteiger partial charge in [-0.05, 0) is 47.7 Å². The Labute approximate surface area is 196 Å². The van der Waals surface area contributed by atoms with Gasteiger partial charge in [-0.15, -0.1) is 0 Å². The smallest absolute Gasteiger partial charge is 0.249 e. The predicted molar refractivity (Wildman–Crippen MR) is 123 cm³/mol. The SMILES string of the molecule is Nc1ccc(CNC(=O)[C@H](Cc2ccc(F)c(F)c2)NC(=O)[C@H](O)CCc2ccccc2)cn1. The molecular weight excluding hydrogens is 442 g/mol. The number of hydrogen-bond acceptors (Lipinski definition) is 5. The highest BCUT2D eigenvalue weighted by molar-refractivity contribution is 5.89. The van der Waals surface area contributed by atoms with Crippen molar-refractivity contribution in [2.24, 2.45) is 0 Å². The normalized spacial score (nSPS) is 12.6. The van der Waals surface area contributed by atoms with Gasteiger partial charge in [-0.1, -0.05) is 42.5 Å². The third-order valence-corrected chi connectivity index (χ3v) is 5.22. The van der Waals surface area contributed by atoms with Crippen molar-refractivity contribution in [3.63, 3.8) is 0 Å². The zero-order valence-electron chi connectivity index (χ0n) is 18.4. The standard InChI is InChI=1S/C25H26F2N4O3/c26-19-9-6-17(12-20(19)27)13-21(24(33)30-15-18-8-11-23(28)29-14-18)31-25(34)22(32)10-7-16-4-2-1-3-5-16/h1-6,8-9,11-12,14,21-22,32H,7,10,13,15H2,(H2,28,29)(H,30,33)(H,31,34)/t21-,22+/m0/s1. The number of nitrogens with two attached hydrogens (primary N) is 1. The van der Waals surface area contributed by atoms with Gasteiger partial charge in [-0.3, -0.25) is 9.59 Å². The fourth-order valence-electron chi connectivity index (χ4n) is 3.31. The molecule has 0 radical (unpaired) electrons. The molecule has 1 aromatic heterocycles. The summed E-state index contributed by atoms with van der Waals surface area (Å²) in [7, 11) is 0. The largest absolute Gasteiger partial charge is 0.384 e. The van der Waals surface area contributed by atoms with E-state index in [0.717, 1.165) is 17.7 Å². The Kier molecular flexibility index (Phi) is 8.64. The molecule has 3 aromatic rings. The summed E-state index contributed by atoms with van der Waals surface area (Å²) in [5.41, 5.74) is 7.51. The number of nitrogens with zero attached hydrogens (tertiary/aromatic N) is 1. The maximum absolute atomic E-state index is 13.7. The maximum Gasteiger partial charge on any atom is 0.249 e. The molecule has 2 atom stereocenters. The molecule has 34 heavy (non-hydrogen) atoms. The van der Waals surface area contributed by atoms with Gasteiger partial charge in [0.15, 0.2) is 11.6 Å². The van der Waals surface area contributed by atoms with Crippen LogP contribution in [0.2, 0.25) is 0 Å². The number of aliphatic hydroxyl groups is 1. The Morgan fingerprint density at radius 3 is 2.35 bits per heavy atom. The fourth-order valence-corrected chi connectivity index (χ4v) is 3.31. The fraction of sp³-hybridized carbons (Fsp3) is 0.240. The molecule has 178 valence electrons. The van der Waals surface area contributed by atoms with Crippen molar-refractivity contribution in [2.75, 3.05) is 5.73 Å². The second kappa shape index (κ2) is 11.9. The van der Waals surface area contributed by atoms with Crippen molar-refractivity contribution in [3.8, 4) is 0 Å². The predicted octanol–water partition coefficient (Wildman–Crippen LogP) is 2.28. The summed E-state index contributed by atoms with van der Waals surface area (Å²) in [6, 6.07) is 14.8. The quantitative estimate of drug-likeness (QED) is 0.364. The van der Waals surface area contributed by atoms with Crippen molar-refractivity contribution in [1.82, 2.24) is 15.6 Å². The summed E-state index contributed by atoms with van der Waals surface area (Å²) < 4.78 is 27.0. The van der Waals surface area contributed by atoms with Crippen LogP contribution < -0.4 is 16.4 Å². The summed E-state index contributed by atoms with van der Waals surface area (Å²) in [4.78, 5) is 29.4. The first-order chi connectivity index (χ1) is 16.3. The molecule has 7 nitrogen and oxygen atoms in total. The van der Waals surface area contributed by atoms with Crippen LogP contribution >= 0.6 is 0 Å². The molecule has 9 heteroatoms. The minimum atomic E-state index is -1.35. The molecule has 3 rings (SSSR count). The Bertz CT molecular complexity index is 1110. The van der Waals surface area contributed by atoms with Gasteiger partial charge in [0.05, 0.1) is 0 Å². The average molecular weight is 469 g/mol. The lowest BCUT2D eigenvalue weighted by atomic mass is 10.0. The van der Waals surface area contributed by atoms with Crippen molar-refractivity contribution in [2.45, 2.75) is 38.0 Å². The van der Waals surface area contributed by atoms with Crippen molar-refractivity contribution in [3.05, 3.63) is 95.2 Å². The lowest BCUT2D eigenvalue weighted by Gasteiger charge is -2.21. The van der Waals surface area contributed by atoms with E-state index >= 15 is 0 Å². The van der Waals surface area contributed by atoms with Crippen LogP contribution in [0.4, 0.5) is 14.6 Å². The van der Waals surface area contributed by atoms with E-state index in [2.05, 4.69) is 15.6 Å². The molecule has 2 aromatic carbocycles. The highest BCUT2D eigenvalue weighted by atomic mass is 19.2. The Balaban J connectivity index is 1.66. The van der Waals surface area contributed by atoms with Gasteiger partial charge in [0, 0.05) is 19.2 Å². The van der Waals surface area contributed by atoms with Gasteiger partial charge in [0.25, 0.3) is 0 Å². The Morgan fingerprint density at radius 1 is 0.941 bits per heavy atom. The number of carbonyl (C=O) groups is 2. The van der Waals surface area contributed by atoms with Crippen LogP contribution in [0.3, 0.4) is 0 Å². The van der Waals surface area contributed by atoms with Crippen molar-refractivity contribution < 1.29 is 23.5 Å². The number of aliphatic hydroxyl groups excluding tert-OH is 1. The van der Waals surface area contributed by atoms with E-state index in [1.807, 2.05) is 30.3 Å². The molecule has 0 aliphatic heterocycles. The molecule has 5 N–H and O–H groups in total. The topological polar surface area (TPSA) is 117 Å². The first-order valence-corrected chi connectivity index (χ1v) is 10.8. The second-order valence-corrected chi connectivity index (χ2v) is 7.86. The zero-order chi connectivity index (χ0) is 24.5. The number of pyridine rings is 1. The Morgan fingerprint density at radius 2 is 1.68 bits per heavy atom. The molecular formula is C25H26F2N4O3. The van der Waals surface area contributed by atoms with Gasteiger partial charge in [0.2, 0.25) is 11.8 Å². The van der Waals surface area contributed by atoms with Gasteiger partial charge in [-0.2, -0.15) is 0 Å². The van der Waals surface area contributed by atoms with Crippen LogP contribution in [0.15, 0.2) is 66.9 Å². The molecule has 0 saturated carbocycles. The minimum absolute atomic E-state index is 0.0971. The number of rotatable bonds is 10. The molecule has 0 fully saturated rings. The number of nitrogen functional groups attached to an aromatic ring is 1. The molecule has 0 spiro atoms. The number of halogens is 2. The molecule has 0 bridgehead atoms. The second-order valence-electron chi connectivity index (χ2n) is 7.86. The molecule has 2 amide bonds. The van der Waals surface area contributed by atoms with E-state index in [9.17, 15) is 23.5 Å². The van der Waals surface area contributed by atoms with Crippen LogP contribution in [0.5, 0.6) is 0 Å². The van der Waals surface area contributed by atoms with Crippen LogP contribution in [0.25, 0.3) is 0 Å². The van der Waals surface area contributed by atoms with Gasteiger partial charge < -0.3 is 21.5 Å². The summed E-state index contributed by atoms with van der Waals surface area (Å²) in [6.07, 6.45) is 0.694. The van der Waals surface area contributed by atoms with Crippen molar-refractivity contribution in [1.29, 1.82) is 0 Å². The van der Waals surface area contributed by atoms with Crippen LogP contribution in [-0.2, 0) is 29.0 Å². The first-order valence-electron chi connectivity index (χ1n) is 10.8. The van der Waals surface area contributed by atoms with E-state index in [-0.39, 0.29) is 19.4 Å². The van der Waals surface area contributed by atoms with Gasteiger partial charge in [-0.25, -0.2) is 13.8 Å². The highest BCUT2D eigenvalue weighted by Crippen LogP contribution is 2.12. The molecule has 0 aliphatic rings. The van der Waals surface area contributed by atoms with E-state index in [0.29, 0.717) is 23.4 Å². The van der Waals surface area contributed by atoms with E-state index < -0.39 is 35.6 Å². The van der Waals surface area contributed by atoms with E-state index in [1.54, 1.807) is 12.1 Å². The molecule has 1 heterocycles. The molecule has 0 aliphatic carbocycles. The monoisotopic (exact) mass is 468 g/mol.